The fourth-order valence-electron chi connectivity index (χ4n) is 2.11. The average Bonchev–Trinajstić information content (AvgIpc) is 3.27. The summed E-state index contributed by atoms with van der Waals surface area (Å²) in [6.07, 6.45) is -0.244. The van der Waals surface area contributed by atoms with Crippen LogP contribution < -0.4 is 45.5 Å². The van der Waals surface area contributed by atoms with Gasteiger partial charge in [-0.1, -0.05) is 6.92 Å². The van der Waals surface area contributed by atoms with Gasteiger partial charge in [-0.15, -0.1) is 5.06 Å². The monoisotopic (exact) mass is 537 g/mol. The molecule has 4 amide bonds. The van der Waals surface area contributed by atoms with Gasteiger partial charge in [-0.25, -0.2) is 18.1 Å². The van der Waals surface area contributed by atoms with Gasteiger partial charge >= 0.3 is 29.6 Å². The Labute approximate surface area is 226 Å². The van der Waals surface area contributed by atoms with E-state index in [1.165, 1.54) is 0 Å². The van der Waals surface area contributed by atoms with Crippen LogP contribution in [-0.4, -0.2) is 107 Å². The van der Waals surface area contributed by atoms with Crippen LogP contribution in [0.25, 0.3) is 0 Å². The number of imide groups is 2. The molecule has 0 radical (unpaired) electrons. The molecule has 2 fully saturated rings. The first-order valence-corrected chi connectivity index (χ1v) is 11.5. The Balaban J connectivity index is 0. The van der Waals surface area contributed by atoms with Gasteiger partial charge in [0.05, 0.1) is 19.9 Å². The van der Waals surface area contributed by atoms with E-state index in [1.807, 2.05) is 7.05 Å². The zero-order valence-corrected chi connectivity index (χ0v) is 23.3. The molecule has 1 atom stereocenters. The standard InChI is InChI=1S/C7H12N2O7S.C7H12N2O4.C3H9N.Na/c1-8-3-15-4-16-9-6(10)2-5(7(9)11)17(12,13)14;1-8-4-12-5-13-9-6(10)2-3-7(9)11;1-3-4-2;/h5,8H,2-4H2,1H3,(H,12,13,14);8H,2-5H2,1H3;4H,3H2,1-2H3;/q;;;+1/p-1. The largest absolute Gasteiger partial charge is 1.00 e. The first-order chi connectivity index (χ1) is 16.0. The van der Waals surface area contributed by atoms with Gasteiger partial charge in [0.15, 0.2) is 13.6 Å². The second-order valence-electron chi connectivity index (χ2n) is 6.40. The molecule has 0 aromatic rings. The van der Waals surface area contributed by atoms with Gasteiger partial charge in [-0.3, -0.25) is 29.8 Å². The van der Waals surface area contributed by atoms with Crippen LogP contribution in [0.3, 0.4) is 0 Å². The Bertz CT molecular complexity index is 754. The van der Waals surface area contributed by atoms with Crippen LogP contribution in [0.4, 0.5) is 0 Å². The summed E-state index contributed by atoms with van der Waals surface area (Å²) in [5.74, 6) is -2.68. The van der Waals surface area contributed by atoms with Crippen molar-refractivity contribution in [2.24, 2.45) is 0 Å². The molecule has 1 unspecified atom stereocenters. The number of rotatable bonds is 12. The van der Waals surface area contributed by atoms with Gasteiger partial charge in [0.25, 0.3) is 23.6 Å². The molecule has 3 N–H and O–H groups in total. The van der Waals surface area contributed by atoms with Crippen LogP contribution in [0.2, 0.25) is 0 Å². The summed E-state index contributed by atoms with van der Waals surface area (Å²) in [5.41, 5.74) is 0. The minimum absolute atomic E-state index is 0. The number of amides is 4. The smallest absolute Gasteiger partial charge is 0.747 e. The molecule has 35 heavy (non-hydrogen) atoms. The van der Waals surface area contributed by atoms with Crippen molar-refractivity contribution in [3.8, 4) is 0 Å². The van der Waals surface area contributed by atoms with Gasteiger partial charge in [0.1, 0.15) is 15.4 Å². The maximum atomic E-state index is 11.4. The van der Waals surface area contributed by atoms with Gasteiger partial charge in [0.2, 0.25) is 0 Å². The molecule has 18 heteroatoms. The zero-order chi connectivity index (χ0) is 26.1. The van der Waals surface area contributed by atoms with Crippen molar-refractivity contribution in [3.05, 3.63) is 0 Å². The van der Waals surface area contributed by atoms with Crippen molar-refractivity contribution < 1.29 is 80.9 Å². The van der Waals surface area contributed by atoms with Crippen molar-refractivity contribution in [2.45, 2.75) is 31.4 Å². The van der Waals surface area contributed by atoms with E-state index in [-0.39, 0.29) is 72.8 Å². The van der Waals surface area contributed by atoms with Gasteiger partial charge < -0.3 is 19.3 Å². The van der Waals surface area contributed by atoms with Crippen LogP contribution in [0, 0.1) is 0 Å². The van der Waals surface area contributed by atoms with E-state index in [0.717, 1.165) is 11.6 Å². The van der Waals surface area contributed by atoms with Crippen LogP contribution in [0.5, 0.6) is 0 Å². The third kappa shape index (κ3) is 14.3. The number of hydroxylamine groups is 4. The van der Waals surface area contributed by atoms with Crippen molar-refractivity contribution in [3.63, 3.8) is 0 Å². The molecule has 0 bridgehead atoms. The summed E-state index contributed by atoms with van der Waals surface area (Å²) in [6.45, 7) is 3.07. The molecule has 2 saturated heterocycles. The van der Waals surface area contributed by atoms with E-state index in [9.17, 15) is 32.1 Å². The Morgan fingerprint density at radius 2 is 1.29 bits per heavy atom. The van der Waals surface area contributed by atoms with Crippen molar-refractivity contribution in [1.82, 2.24) is 26.1 Å². The van der Waals surface area contributed by atoms with E-state index in [0.29, 0.717) is 6.73 Å². The van der Waals surface area contributed by atoms with Crippen LogP contribution in [-0.2, 0) is 48.4 Å². The molecule has 2 aliphatic rings. The van der Waals surface area contributed by atoms with E-state index in [1.54, 1.807) is 14.1 Å². The van der Waals surface area contributed by atoms with Crippen LogP contribution >= 0.6 is 0 Å². The van der Waals surface area contributed by atoms with Crippen molar-refractivity contribution in [1.29, 1.82) is 0 Å². The van der Waals surface area contributed by atoms with Crippen molar-refractivity contribution in [2.75, 3.05) is 54.7 Å². The normalized spacial score (nSPS) is 17.6. The first-order valence-electron chi connectivity index (χ1n) is 10.1. The van der Waals surface area contributed by atoms with Gasteiger partial charge in [-0.05, 0) is 27.7 Å². The Morgan fingerprint density at radius 1 is 0.857 bits per heavy atom. The van der Waals surface area contributed by atoms with E-state index < -0.39 is 40.4 Å². The fraction of sp³-hybridized carbons (Fsp3) is 0.765. The maximum Gasteiger partial charge on any atom is 1.00 e. The summed E-state index contributed by atoms with van der Waals surface area (Å²) < 4.78 is 41.6. The quantitative estimate of drug-likeness (QED) is 0.0697. The number of carbonyl (C=O) groups excluding carboxylic acids is 4. The first kappa shape index (κ1) is 36.1. The second-order valence-corrected chi connectivity index (χ2v) is 7.95. The van der Waals surface area contributed by atoms with Gasteiger partial charge in [0, 0.05) is 12.8 Å². The molecule has 0 saturated carbocycles. The fourth-order valence-corrected chi connectivity index (χ4v) is 2.80. The maximum absolute atomic E-state index is 11.4. The van der Waals surface area contributed by atoms with Crippen molar-refractivity contribution >= 4 is 33.7 Å². The molecule has 16 nitrogen and oxygen atoms in total. The topological polar surface area (TPSA) is 205 Å². The predicted octanol–water partition coefficient (Wildman–Crippen LogP) is -5.81. The molecule has 198 valence electrons. The Hall–Kier alpha value is -1.09. The summed E-state index contributed by atoms with van der Waals surface area (Å²) >= 11 is 0. The van der Waals surface area contributed by atoms with Crippen LogP contribution in [0.15, 0.2) is 0 Å². The third-order valence-corrected chi connectivity index (χ3v) is 4.86. The Kier molecular flexibility index (Phi) is 20.6. The number of nitrogens with one attached hydrogen (secondary N) is 3. The summed E-state index contributed by atoms with van der Waals surface area (Å²) in [4.78, 5) is 53.9. The number of hydrogen-bond acceptors (Lipinski definition) is 14. The van der Waals surface area contributed by atoms with E-state index >= 15 is 0 Å². The predicted molar refractivity (Wildman–Crippen MR) is 113 cm³/mol. The molecule has 2 rings (SSSR count). The molecular formula is C17H32N5NaO11S. The minimum Gasteiger partial charge on any atom is -0.747 e. The molecule has 0 aromatic carbocycles. The van der Waals surface area contributed by atoms with E-state index in [2.05, 4.69) is 27.7 Å². The summed E-state index contributed by atoms with van der Waals surface area (Å²) in [7, 11) is 0.400. The molecular weight excluding hydrogens is 505 g/mol. The van der Waals surface area contributed by atoms with Crippen LogP contribution in [0.1, 0.15) is 26.2 Å². The number of hydrogen-bond donors (Lipinski definition) is 3. The molecule has 0 spiro atoms. The second kappa shape index (κ2) is 20.0. The molecule has 0 aromatic heterocycles. The SMILES string of the molecule is CCNC.CNCOCON1C(=O)CC(S(=O)(=O)[O-])C1=O.CNCOCON1C(=O)CCC1=O.[Na+]. The summed E-state index contributed by atoms with van der Waals surface area (Å²) in [5, 5.41) is 7.37. The molecule has 2 heterocycles. The minimum atomic E-state index is -4.85. The molecule has 0 aliphatic carbocycles. The third-order valence-electron chi connectivity index (χ3n) is 3.79. The van der Waals surface area contributed by atoms with E-state index in [4.69, 9.17) is 14.3 Å². The number of carbonyl (C=O) groups is 4. The number of ether oxygens (including phenoxy) is 2. The Morgan fingerprint density at radius 3 is 1.63 bits per heavy atom. The molecule has 2 aliphatic heterocycles. The number of nitrogens with zero attached hydrogens (tertiary/aromatic N) is 2. The average molecular weight is 538 g/mol. The van der Waals surface area contributed by atoms with Gasteiger partial charge in [-0.2, -0.15) is 5.06 Å². The summed E-state index contributed by atoms with van der Waals surface area (Å²) in [6, 6.07) is 0. The zero-order valence-electron chi connectivity index (χ0n) is 20.5.